The zero-order valence-electron chi connectivity index (χ0n) is 17.6. The molecule has 6 heteroatoms. The third kappa shape index (κ3) is 13.7. The van der Waals surface area contributed by atoms with Crippen LogP contribution >= 0.6 is 0 Å². The van der Waals surface area contributed by atoms with Crippen molar-refractivity contribution in [3.8, 4) is 0 Å². The maximum absolute atomic E-state index is 11.0. The van der Waals surface area contributed by atoms with Gasteiger partial charge in [0.25, 0.3) is 0 Å². The summed E-state index contributed by atoms with van der Waals surface area (Å²) < 4.78 is 21.4. The predicted octanol–water partition coefficient (Wildman–Crippen LogP) is 5.50. The van der Waals surface area contributed by atoms with Gasteiger partial charge < -0.3 is 18.0 Å². The van der Waals surface area contributed by atoms with E-state index >= 15 is 0 Å². The smallest absolute Gasteiger partial charge is 0.466 e. The Morgan fingerprint density at radius 1 is 0.654 bits per heavy atom. The van der Waals surface area contributed by atoms with Crippen molar-refractivity contribution in [2.75, 3.05) is 27.9 Å². The second-order valence-corrected chi connectivity index (χ2v) is 9.95. The van der Waals surface area contributed by atoms with Crippen LogP contribution in [-0.2, 0) is 22.8 Å². The van der Waals surface area contributed by atoms with E-state index in [1.165, 1.54) is 64.2 Å². The van der Waals surface area contributed by atoms with Crippen LogP contribution in [0.2, 0.25) is 6.04 Å². The first kappa shape index (κ1) is 25.6. The Morgan fingerprint density at radius 3 is 1.42 bits per heavy atom. The first-order chi connectivity index (χ1) is 12.6. The lowest BCUT2D eigenvalue weighted by molar-refractivity contribution is -0.143. The molecule has 0 bridgehead atoms. The molecular weight excluding hydrogens is 348 g/mol. The molecule has 0 aromatic carbocycles. The second-order valence-electron chi connectivity index (χ2n) is 6.86. The largest absolute Gasteiger partial charge is 0.500 e. The quantitative estimate of drug-likeness (QED) is 0.166. The molecule has 0 amide bonds. The highest BCUT2D eigenvalue weighted by Gasteiger charge is 2.36. The van der Waals surface area contributed by atoms with Crippen molar-refractivity contribution in [2.45, 2.75) is 96.4 Å². The number of ether oxygens (including phenoxy) is 1. The topological polar surface area (TPSA) is 54.0 Å². The second kappa shape index (κ2) is 18.0. The highest BCUT2D eigenvalue weighted by atomic mass is 28.4. The van der Waals surface area contributed by atoms with E-state index in [-0.39, 0.29) is 5.97 Å². The highest BCUT2D eigenvalue weighted by molar-refractivity contribution is 6.60. The molecule has 5 nitrogen and oxygen atoms in total. The standard InChI is InChI=1S/C20H42O5Si/c1-5-20(21)25-18-16-14-12-10-8-6-7-9-11-13-15-17-19-26(22-2,23-3)24-4/h5-19H2,1-4H3. The fourth-order valence-electron chi connectivity index (χ4n) is 3.06. The van der Waals surface area contributed by atoms with Crippen LogP contribution in [0.15, 0.2) is 0 Å². The Bertz CT molecular complexity index is 313. The lowest BCUT2D eigenvalue weighted by Gasteiger charge is -2.24. The molecular formula is C20H42O5Si. The summed E-state index contributed by atoms with van der Waals surface area (Å²) in [4.78, 5) is 11.0. The Hall–Kier alpha value is -0.433. The number of unbranched alkanes of at least 4 members (excludes halogenated alkanes) is 11. The summed E-state index contributed by atoms with van der Waals surface area (Å²) >= 11 is 0. The molecule has 0 aromatic heterocycles. The van der Waals surface area contributed by atoms with E-state index in [1.54, 1.807) is 21.3 Å². The van der Waals surface area contributed by atoms with Crippen molar-refractivity contribution in [2.24, 2.45) is 0 Å². The van der Waals surface area contributed by atoms with Crippen molar-refractivity contribution < 1.29 is 22.8 Å². The SMILES string of the molecule is CCC(=O)OCCCCCCCCCCCCCC[Si](OC)(OC)OC. The van der Waals surface area contributed by atoms with Crippen LogP contribution in [0.5, 0.6) is 0 Å². The van der Waals surface area contributed by atoms with Gasteiger partial charge >= 0.3 is 14.8 Å². The summed E-state index contributed by atoms with van der Waals surface area (Å²) in [6.07, 6.45) is 15.6. The molecule has 0 heterocycles. The van der Waals surface area contributed by atoms with Crippen molar-refractivity contribution >= 4 is 14.8 Å². The van der Waals surface area contributed by atoms with E-state index in [0.29, 0.717) is 13.0 Å². The number of rotatable bonds is 19. The van der Waals surface area contributed by atoms with Gasteiger partial charge in [0.2, 0.25) is 0 Å². The van der Waals surface area contributed by atoms with Crippen molar-refractivity contribution in [1.29, 1.82) is 0 Å². The van der Waals surface area contributed by atoms with Gasteiger partial charge in [-0.2, -0.15) is 0 Å². The first-order valence-corrected chi connectivity index (χ1v) is 12.4. The third-order valence-corrected chi connectivity index (χ3v) is 7.69. The molecule has 0 aliphatic carbocycles. The minimum Gasteiger partial charge on any atom is -0.466 e. The molecule has 0 aromatic rings. The number of esters is 1. The van der Waals surface area contributed by atoms with Gasteiger partial charge in [-0.3, -0.25) is 4.79 Å². The molecule has 0 rings (SSSR count). The lowest BCUT2D eigenvalue weighted by atomic mass is 10.1. The predicted molar refractivity (Wildman–Crippen MR) is 108 cm³/mol. The number of carbonyl (C=O) groups excluding carboxylic acids is 1. The number of hydrogen-bond acceptors (Lipinski definition) is 5. The molecule has 0 saturated carbocycles. The van der Waals surface area contributed by atoms with E-state index in [4.69, 9.17) is 18.0 Å². The van der Waals surface area contributed by atoms with E-state index in [0.717, 1.165) is 18.9 Å². The maximum atomic E-state index is 11.0. The van der Waals surface area contributed by atoms with Crippen LogP contribution in [-0.4, -0.2) is 42.7 Å². The van der Waals surface area contributed by atoms with Gasteiger partial charge in [0, 0.05) is 33.8 Å². The maximum Gasteiger partial charge on any atom is 0.500 e. The Morgan fingerprint density at radius 2 is 1.04 bits per heavy atom. The average Bonchev–Trinajstić information content (AvgIpc) is 2.68. The molecule has 0 unspecified atom stereocenters. The summed E-state index contributed by atoms with van der Waals surface area (Å²) in [5.74, 6) is -0.0810. The molecule has 156 valence electrons. The Labute approximate surface area is 162 Å². The van der Waals surface area contributed by atoms with Crippen molar-refractivity contribution in [1.82, 2.24) is 0 Å². The lowest BCUT2D eigenvalue weighted by Crippen LogP contribution is -2.42. The van der Waals surface area contributed by atoms with Crippen LogP contribution in [0.3, 0.4) is 0 Å². The van der Waals surface area contributed by atoms with Crippen LogP contribution in [0.4, 0.5) is 0 Å². The van der Waals surface area contributed by atoms with Gasteiger partial charge in [0.1, 0.15) is 0 Å². The molecule has 0 aliphatic rings. The molecule has 0 radical (unpaired) electrons. The molecule has 0 saturated heterocycles. The van der Waals surface area contributed by atoms with Gasteiger partial charge in [-0.15, -0.1) is 0 Å². The number of hydrogen-bond donors (Lipinski definition) is 0. The Balaban J connectivity index is 3.26. The summed E-state index contributed by atoms with van der Waals surface area (Å²) in [5.41, 5.74) is 0. The monoisotopic (exact) mass is 390 g/mol. The van der Waals surface area contributed by atoms with E-state index in [2.05, 4.69) is 0 Å². The van der Waals surface area contributed by atoms with Crippen LogP contribution in [0.25, 0.3) is 0 Å². The fourth-order valence-corrected chi connectivity index (χ4v) is 4.85. The summed E-state index contributed by atoms with van der Waals surface area (Å²) in [6.45, 7) is 2.42. The van der Waals surface area contributed by atoms with Crippen LogP contribution in [0.1, 0.15) is 90.4 Å². The van der Waals surface area contributed by atoms with E-state index in [9.17, 15) is 4.79 Å². The summed E-state index contributed by atoms with van der Waals surface area (Å²) in [6, 6.07) is 0.911. The third-order valence-electron chi connectivity index (χ3n) is 4.86. The van der Waals surface area contributed by atoms with Gasteiger partial charge in [-0.1, -0.05) is 71.1 Å². The molecule has 0 fully saturated rings. The average molecular weight is 391 g/mol. The van der Waals surface area contributed by atoms with Crippen molar-refractivity contribution in [3.63, 3.8) is 0 Å². The van der Waals surface area contributed by atoms with Crippen LogP contribution in [0, 0.1) is 0 Å². The van der Waals surface area contributed by atoms with Gasteiger partial charge in [-0.05, 0) is 12.8 Å². The van der Waals surface area contributed by atoms with Crippen molar-refractivity contribution in [3.05, 3.63) is 0 Å². The molecule has 0 atom stereocenters. The molecule has 0 N–H and O–H groups in total. The highest BCUT2D eigenvalue weighted by Crippen LogP contribution is 2.18. The zero-order valence-corrected chi connectivity index (χ0v) is 18.6. The molecule has 26 heavy (non-hydrogen) atoms. The Kier molecular flexibility index (Phi) is 17.7. The van der Waals surface area contributed by atoms with E-state index < -0.39 is 8.80 Å². The van der Waals surface area contributed by atoms with E-state index in [1.807, 2.05) is 6.92 Å². The minimum absolute atomic E-state index is 0.0810. The minimum atomic E-state index is -2.35. The zero-order chi connectivity index (χ0) is 19.5. The number of carbonyl (C=O) groups is 1. The van der Waals surface area contributed by atoms with Gasteiger partial charge in [0.15, 0.2) is 0 Å². The van der Waals surface area contributed by atoms with Gasteiger partial charge in [0.05, 0.1) is 6.61 Å². The molecule has 0 spiro atoms. The molecule has 0 aliphatic heterocycles. The first-order valence-electron chi connectivity index (χ1n) is 10.4. The fraction of sp³-hybridized carbons (Fsp3) is 0.950. The van der Waals surface area contributed by atoms with Crippen LogP contribution < -0.4 is 0 Å². The normalized spacial score (nSPS) is 11.7. The summed E-state index contributed by atoms with van der Waals surface area (Å²) in [5, 5.41) is 0. The summed E-state index contributed by atoms with van der Waals surface area (Å²) in [7, 11) is 2.69. The van der Waals surface area contributed by atoms with Gasteiger partial charge in [-0.25, -0.2) is 0 Å².